The summed E-state index contributed by atoms with van der Waals surface area (Å²) in [6.45, 7) is 0.764. The van der Waals surface area contributed by atoms with E-state index in [1.807, 2.05) is 24.3 Å². The molecular formula is C23H27ClIN5O5. The van der Waals surface area contributed by atoms with E-state index in [1.54, 1.807) is 24.3 Å². The van der Waals surface area contributed by atoms with E-state index < -0.39 is 30.1 Å². The van der Waals surface area contributed by atoms with Crippen molar-refractivity contribution in [1.82, 2.24) is 10.2 Å². The zero-order valence-corrected chi connectivity index (χ0v) is 22.0. The van der Waals surface area contributed by atoms with E-state index in [0.717, 1.165) is 16.1 Å². The Morgan fingerprint density at radius 1 is 1.20 bits per heavy atom. The van der Waals surface area contributed by atoms with Crippen molar-refractivity contribution in [2.24, 2.45) is 16.5 Å². The lowest BCUT2D eigenvalue weighted by atomic mass is 9.99. The summed E-state index contributed by atoms with van der Waals surface area (Å²) in [4.78, 5) is 43.0. The van der Waals surface area contributed by atoms with Gasteiger partial charge in [-0.2, -0.15) is 0 Å². The molecule has 10 nitrogen and oxygen atoms in total. The summed E-state index contributed by atoms with van der Waals surface area (Å²) in [5.74, 6) is -2.79. The number of aliphatic imine (C=N–C) groups is 1. The van der Waals surface area contributed by atoms with Crippen molar-refractivity contribution in [2.75, 3.05) is 13.2 Å². The second kappa shape index (κ2) is 13.3. The highest BCUT2D eigenvalue weighted by atomic mass is 127. The summed E-state index contributed by atoms with van der Waals surface area (Å²) >= 11 is 8.00. The van der Waals surface area contributed by atoms with Crippen molar-refractivity contribution in [1.29, 1.82) is 0 Å². The Morgan fingerprint density at radius 3 is 2.46 bits per heavy atom. The number of carboxylic acid groups (broad SMARTS) is 1. The number of benzene rings is 2. The number of guanidine groups is 1. The van der Waals surface area contributed by atoms with Crippen molar-refractivity contribution in [3.05, 3.63) is 62.7 Å². The number of aliphatic carboxylic acids is 1. The molecule has 0 aliphatic rings. The van der Waals surface area contributed by atoms with Crippen molar-refractivity contribution in [2.45, 2.75) is 32.0 Å². The summed E-state index contributed by atoms with van der Waals surface area (Å²) < 4.78 is 6.44. The first-order chi connectivity index (χ1) is 16.5. The Kier molecular flexibility index (Phi) is 10.7. The fourth-order valence-electron chi connectivity index (χ4n) is 3.39. The van der Waals surface area contributed by atoms with Crippen molar-refractivity contribution in [3.63, 3.8) is 0 Å². The van der Waals surface area contributed by atoms with Crippen molar-refractivity contribution in [3.8, 4) is 5.75 Å². The van der Waals surface area contributed by atoms with Gasteiger partial charge in [0.1, 0.15) is 5.75 Å². The molecule has 0 aliphatic carbocycles. The van der Waals surface area contributed by atoms with E-state index in [9.17, 15) is 19.5 Å². The van der Waals surface area contributed by atoms with Crippen LogP contribution in [0, 0.1) is 3.57 Å². The van der Waals surface area contributed by atoms with Gasteiger partial charge < -0.3 is 21.3 Å². The van der Waals surface area contributed by atoms with Crippen LogP contribution < -0.4 is 21.5 Å². The van der Waals surface area contributed by atoms with Crippen LogP contribution in [0.15, 0.2) is 53.5 Å². The van der Waals surface area contributed by atoms with Gasteiger partial charge in [-0.25, -0.2) is 9.69 Å². The topological polar surface area (TPSA) is 160 Å². The molecule has 0 saturated carbocycles. The molecule has 2 aromatic rings. The lowest BCUT2D eigenvalue weighted by molar-refractivity contribution is -0.170. The van der Waals surface area contributed by atoms with Crippen LogP contribution in [0.1, 0.15) is 25.3 Å². The maximum absolute atomic E-state index is 13.2. The highest BCUT2D eigenvalue weighted by Crippen LogP contribution is 2.23. The molecule has 0 bridgehead atoms. The Hall–Kier alpha value is -2.90. The molecule has 0 heterocycles. The largest absolute Gasteiger partial charge is 0.484 e. The normalized spacial score (nSPS) is 12.3. The Bertz CT molecular complexity index is 1080. The Morgan fingerprint density at radius 2 is 1.89 bits per heavy atom. The molecule has 2 rings (SSSR count). The summed E-state index contributed by atoms with van der Waals surface area (Å²) in [5, 5.41) is 13.7. The zero-order valence-electron chi connectivity index (χ0n) is 19.0. The van der Waals surface area contributed by atoms with Crippen LogP contribution >= 0.6 is 34.2 Å². The molecule has 0 radical (unpaired) electrons. The minimum Gasteiger partial charge on any atom is -0.484 e. The number of hydrogen-bond donors (Lipinski definition) is 4. The molecule has 35 heavy (non-hydrogen) atoms. The van der Waals surface area contributed by atoms with Crippen LogP contribution in [0.4, 0.5) is 0 Å². The summed E-state index contributed by atoms with van der Waals surface area (Å²) in [5.41, 5.74) is 9.44. The van der Waals surface area contributed by atoms with Crippen LogP contribution in [-0.4, -0.2) is 52.6 Å². The van der Waals surface area contributed by atoms with E-state index in [4.69, 9.17) is 27.8 Å². The lowest BCUT2D eigenvalue weighted by Gasteiger charge is -2.39. The van der Waals surface area contributed by atoms with E-state index in [0.29, 0.717) is 15.7 Å². The molecule has 2 aromatic carbocycles. The number of nitrogens with two attached hydrogens (primary N) is 2. The number of rotatable bonds is 12. The molecule has 12 heteroatoms. The minimum absolute atomic E-state index is 0.0839. The van der Waals surface area contributed by atoms with Gasteiger partial charge in [-0.3, -0.25) is 19.9 Å². The Balaban J connectivity index is 2.35. The first-order valence-electron chi connectivity index (χ1n) is 10.6. The lowest BCUT2D eigenvalue weighted by Crippen LogP contribution is -2.67. The summed E-state index contributed by atoms with van der Waals surface area (Å²) in [7, 11) is 0. The first kappa shape index (κ1) is 28.3. The molecule has 2 amide bonds. The predicted octanol–water partition coefficient (Wildman–Crippen LogP) is 2.32. The second-order valence-electron chi connectivity index (χ2n) is 7.55. The molecule has 0 saturated heterocycles. The van der Waals surface area contributed by atoms with Crippen LogP contribution in [0.2, 0.25) is 5.02 Å². The van der Waals surface area contributed by atoms with Gasteiger partial charge >= 0.3 is 5.97 Å². The van der Waals surface area contributed by atoms with Gasteiger partial charge in [0.05, 0.1) is 0 Å². The molecule has 6 N–H and O–H groups in total. The van der Waals surface area contributed by atoms with Crippen molar-refractivity contribution < 1.29 is 24.2 Å². The fourth-order valence-corrected chi connectivity index (χ4v) is 4.13. The summed E-state index contributed by atoms with van der Waals surface area (Å²) in [6, 6.07) is 13.7. The molecular weight excluding hydrogens is 589 g/mol. The number of carboxylic acids is 1. The van der Waals surface area contributed by atoms with Gasteiger partial charge in [0.15, 0.2) is 18.2 Å². The quantitative estimate of drug-likeness (QED) is 0.0931. The van der Waals surface area contributed by atoms with Gasteiger partial charge in [0.25, 0.3) is 5.91 Å². The highest BCUT2D eigenvalue weighted by Gasteiger charge is 2.48. The standard InChI is InChI=1S/C23H27ClIN5O5/c1-15(31)30(20(32)14-35-19-8-6-17(24)7-9-19)23(21(33)34,10-3-11-28-22(26)27)29-13-16-4-2-5-18(25)12-16/h2,4-9,12,29H,3,10-11,13-14H2,1H3,(H,33,34)(H4,26,27,28)/t23-/m0/s1. The van der Waals surface area contributed by atoms with Gasteiger partial charge in [0.2, 0.25) is 5.91 Å². The summed E-state index contributed by atoms with van der Waals surface area (Å²) in [6.07, 6.45) is 0.0356. The van der Waals surface area contributed by atoms with Crippen LogP contribution in [0.3, 0.4) is 0 Å². The number of carbonyl (C=O) groups is 3. The van der Waals surface area contributed by atoms with E-state index >= 15 is 0 Å². The van der Waals surface area contributed by atoms with Gasteiger partial charge in [-0.05, 0) is 77.4 Å². The number of imide groups is 1. The molecule has 188 valence electrons. The highest BCUT2D eigenvalue weighted by molar-refractivity contribution is 14.1. The maximum Gasteiger partial charge on any atom is 0.345 e. The molecule has 0 aliphatic heterocycles. The third-order valence-corrected chi connectivity index (χ3v) is 5.86. The van der Waals surface area contributed by atoms with E-state index in [1.165, 1.54) is 0 Å². The average Bonchev–Trinajstić information content (AvgIpc) is 2.79. The number of nitrogens with zero attached hydrogens (tertiary/aromatic N) is 2. The average molecular weight is 616 g/mol. The third-order valence-electron chi connectivity index (χ3n) is 4.94. The zero-order chi connectivity index (χ0) is 26.0. The Labute approximate surface area is 221 Å². The number of ether oxygens (including phenoxy) is 1. The van der Waals surface area contributed by atoms with Crippen LogP contribution in [0.5, 0.6) is 5.75 Å². The van der Waals surface area contributed by atoms with Gasteiger partial charge in [0, 0.05) is 28.6 Å². The van der Waals surface area contributed by atoms with Crippen LogP contribution in [0.25, 0.3) is 0 Å². The second-order valence-corrected chi connectivity index (χ2v) is 9.23. The van der Waals surface area contributed by atoms with E-state index in [-0.39, 0.29) is 31.9 Å². The number of amides is 2. The fraction of sp³-hybridized carbons (Fsp3) is 0.304. The molecule has 0 fully saturated rings. The smallest absolute Gasteiger partial charge is 0.345 e. The molecule has 0 spiro atoms. The third kappa shape index (κ3) is 8.37. The minimum atomic E-state index is -2.06. The van der Waals surface area contributed by atoms with Crippen LogP contribution in [-0.2, 0) is 20.9 Å². The number of nitrogens with one attached hydrogen (secondary N) is 1. The first-order valence-corrected chi connectivity index (χ1v) is 12.0. The van der Waals surface area contributed by atoms with E-state index in [2.05, 4.69) is 32.9 Å². The number of hydrogen-bond acceptors (Lipinski definition) is 6. The number of halogens is 2. The molecule has 1 atom stereocenters. The maximum atomic E-state index is 13.2. The molecule has 0 unspecified atom stereocenters. The molecule has 0 aromatic heterocycles. The monoisotopic (exact) mass is 615 g/mol. The van der Waals surface area contributed by atoms with Crippen molar-refractivity contribution >= 4 is 57.9 Å². The number of carbonyl (C=O) groups excluding carboxylic acids is 2. The SMILES string of the molecule is CC(=O)N(C(=O)COc1ccc(Cl)cc1)[C@](CCCN=C(N)N)(NCc1cccc(I)c1)C(=O)O. The van der Waals surface area contributed by atoms with Gasteiger partial charge in [-0.1, -0.05) is 23.7 Å². The van der Waals surface area contributed by atoms with Gasteiger partial charge in [-0.15, -0.1) is 0 Å². The predicted molar refractivity (Wildman–Crippen MR) is 141 cm³/mol.